The second-order valence-corrected chi connectivity index (χ2v) is 16.6. The van der Waals surface area contributed by atoms with Gasteiger partial charge in [-0.15, -0.1) is 58.7 Å². The molecule has 0 N–H and O–H groups in total. The first-order valence-corrected chi connectivity index (χ1v) is 21.9. The number of para-hydroxylation sites is 3. The number of rotatable bonds is 11. The van der Waals surface area contributed by atoms with Crippen molar-refractivity contribution in [3.63, 3.8) is 0 Å². The van der Waals surface area contributed by atoms with Gasteiger partial charge in [-0.2, -0.15) is 6.21 Å². The molecule has 7 aromatic carbocycles. The molecule has 0 spiro atoms. The number of furan rings is 1. The van der Waals surface area contributed by atoms with Gasteiger partial charge < -0.3 is 14.4 Å². The molecule has 0 saturated carbocycles. The summed E-state index contributed by atoms with van der Waals surface area (Å²) in [5.41, 5.74) is 10.8. The molecule has 0 unspecified atom stereocenters. The Morgan fingerprint density at radius 3 is 2.27 bits per heavy atom. The summed E-state index contributed by atoms with van der Waals surface area (Å²) in [6.45, 7) is 10.9. The van der Waals surface area contributed by atoms with Crippen LogP contribution in [0, 0.1) is 25.8 Å². The van der Waals surface area contributed by atoms with Crippen LogP contribution >= 0.6 is 0 Å². The molecule has 0 fully saturated rings. The van der Waals surface area contributed by atoms with Crippen LogP contribution in [-0.2, 0) is 20.1 Å². The van der Waals surface area contributed by atoms with E-state index in [4.69, 9.17) is 20.4 Å². The minimum Gasteiger partial charge on any atom is -0.811 e. The average molecular weight is 1060 g/mol. The minimum atomic E-state index is -2.36. The van der Waals surface area contributed by atoms with Crippen molar-refractivity contribution < 1.29 is 35.5 Å². The van der Waals surface area contributed by atoms with Gasteiger partial charge >= 0.3 is 20.1 Å². The summed E-state index contributed by atoms with van der Waals surface area (Å²) in [5, 5.41) is 13.7. The van der Waals surface area contributed by atoms with E-state index in [-0.39, 0.29) is 31.2 Å². The molecule has 9 aromatic rings. The van der Waals surface area contributed by atoms with Crippen LogP contribution in [0.4, 0.5) is 0 Å². The molecule has 4 nitrogen and oxygen atoms in total. The first-order valence-electron chi connectivity index (χ1n) is 25.9. The Morgan fingerprint density at radius 1 is 0.821 bits per heavy atom. The maximum absolute atomic E-state index is 9.49. The molecule has 5 heteroatoms. The molecule has 0 amide bonds. The molecule has 67 heavy (non-hydrogen) atoms. The quantitative estimate of drug-likeness (QED) is 0.0736. The Balaban J connectivity index is 0.000000218. The van der Waals surface area contributed by atoms with Gasteiger partial charge in [0.2, 0.25) is 0 Å². The van der Waals surface area contributed by atoms with Crippen molar-refractivity contribution in [1.82, 2.24) is 9.55 Å². The number of allylic oxidation sites excluding steroid dienone is 9. The van der Waals surface area contributed by atoms with Gasteiger partial charge in [0.25, 0.3) is 0 Å². The smallest absolute Gasteiger partial charge is 0.811 e. The molecule has 0 radical (unpaired) electrons. The van der Waals surface area contributed by atoms with Crippen LogP contribution < -0.4 is 0 Å². The van der Waals surface area contributed by atoms with Crippen molar-refractivity contribution in [3.05, 3.63) is 227 Å². The zero-order chi connectivity index (χ0) is 53.3. The number of nitrogens with zero attached hydrogens (tertiary/aromatic N) is 3. The van der Waals surface area contributed by atoms with Gasteiger partial charge in [0.1, 0.15) is 5.58 Å². The fourth-order valence-electron chi connectivity index (χ4n) is 8.32. The van der Waals surface area contributed by atoms with Crippen molar-refractivity contribution >= 4 is 66.7 Å². The van der Waals surface area contributed by atoms with Crippen molar-refractivity contribution in [1.29, 1.82) is 0 Å². The van der Waals surface area contributed by atoms with Crippen molar-refractivity contribution in [2.24, 2.45) is 0 Å². The van der Waals surface area contributed by atoms with E-state index in [2.05, 4.69) is 43.0 Å². The Kier molecular flexibility index (Phi) is 12.1. The summed E-state index contributed by atoms with van der Waals surface area (Å²) < 4.78 is 73.5. The molecule has 0 aliphatic rings. The fourth-order valence-corrected chi connectivity index (χ4v) is 8.32. The fraction of sp³-hybridized carbons (Fsp3) is 0.161. The van der Waals surface area contributed by atoms with Gasteiger partial charge in [-0.1, -0.05) is 192 Å². The molecule has 0 bridgehead atoms. The third-order valence-electron chi connectivity index (χ3n) is 11.6. The molecule has 2 aromatic heterocycles. The van der Waals surface area contributed by atoms with E-state index in [1.165, 1.54) is 6.07 Å². The van der Waals surface area contributed by atoms with E-state index in [9.17, 15) is 5.41 Å². The van der Waals surface area contributed by atoms with Crippen LogP contribution in [0.2, 0.25) is 0 Å². The van der Waals surface area contributed by atoms with Crippen LogP contribution in [0.15, 0.2) is 175 Å². The number of aryl methyl sites for hydroxylation is 2. The van der Waals surface area contributed by atoms with Crippen molar-refractivity contribution in [2.75, 3.05) is 0 Å². The van der Waals surface area contributed by atoms with Crippen LogP contribution in [0.25, 0.3) is 82.9 Å². The third kappa shape index (κ3) is 9.95. The topological polar surface area (TPSA) is 53.3 Å². The van der Waals surface area contributed by atoms with Crippen LogP contribution in [-0.4, -0.2) is 15.8 Å². The average Bonchev–Trinajstić information content (AvgIpc) is 3.94. The molecule has 0 aliphatic carbocycles. The standard InChI is InChI=1S/C33H35N2.C29H21NO.Ir/c1-8-9-10-14-24(6)29-21-26(20-19-25(29)7)33-34-30-17-11-12-18-31(30)35(33)32-27(22(2)3)15-13-16-28(32)23(4)5;1-19-10-12-21(13-11-19)23(16-17-30)18-20(2)24-8-5-9-26-27-15-14-22-6-3-4-7-25(22)29(27)31-28(24)26;/h8-19,21-23H,6H2,1-5,7H3;3-7,9-18H,1-2H3;/q-1;-2;+3/b9-8-,14-10-;20-18+,23-16+;/i7D3,22D,23D;1D3;. The second-order valence-electron chi connectivity index (χ2n) is 16.6. The molecule has 9 rings (SSSR count). The van der Waals surface area contributed by atoms with Gasteiger partial charge in [0.15, 0.2) is 0 Å². The predicted molar refractivity (Wildman–Crippen MR) is 284 cm³/mol. The first kappa shape index (κ1) is 38.2. The monoisotopic (exact) mass is 1060 g/mol. The maximum atomic E-state index is 9.49. The van der Waals surface area contributed by atoms with E-state index in [1.54, 1.807) is 42.5 Å². The van der Waals surface area contributed by atoms with Gasteiger partial charge in [0, 0.05) is 33.0 Å². The van der Waals surface area contributed by atoms with Gasteiger partial charge in [-0.3, -0.25) is 4.98 Å². The number of hydrogen-bond donors (Lipinski definition) is 0. The van der Waals surface area contributed by atoms with Gasteiger partial charge in [-0.25, -0.2) is 0 Å². The molecular formula is C62H56IrN3O. The maximum Gasteiger partial charge on any atom is 3.00 e. The summed E-state index contributed by atoms with van der Waals surface area (Å²) in [5.74, 6) is -1.39. The van der Waals surface area contributed by atoms with E-state index in [0.29, 0.717) is 22.5 Å². The number of aromatic nitrogens is 2. The summed E-state index contributed by atoms with van der Waals surface area (Å²) in [6.07, 6.45) is 11.9. The molecule has 334 valence electrons. The summed E-state index contributed by atoms with van der Waals surface area (Å²) >= 11 is 0. The number of benzene rings is 7. The van der Waals surface area contributed by atoms with E-state index in [0.717, 1.165) is 89.0 Å². The molecule has 0 aliphatic heterocycles. The Hall–Kier alpha value is -6.91. The van der Waals surface area contributed by atoms with E-state index >= 15 is 0 Å². The van der Waals surface area contributed by atoms with E-state index < -0.39 is 25.5 Å². The number of hydrogen-bond acceptors (Lipinski definition) is 2. The first-order chi connectivity index (χ1) is 35.0. The zero-order valence-corrected chi connectivity index (χ0v) is 40.9. The Bertz CT molecular complexity index is 3690. The van der Waals surface area contributed by atoms with Crippen molar-refractivity contribution in [3.8, 4) is 17.1 Å². The van der Waals surface area contributed by atoms with Crippen LogP contribution in [0.1, 0.15) is 103 Å². The van der Waals surface area contributed by atoms with E-state index in [1.807, 2.05) is 137 Å². The number of fused-ring (bicyclic) bond motifs is 6. The minimum absolute atomic E-state index is 0. The molecule has 0 atom stereocenters. The summed E-state index contributed by atoms with van der Waals surface area (Å²) in [6, 6.07) is 46.2. The summed E-state index contributed by atoms with van der Waals surface area (Å²) in [7, 11) is 0. The second kappa shape index (κ2) is 21.2. The van der Waals surface area contributed by atoms with Gasteiger partial charge in [0.05, 0.1) is 16.9 Å². The Labute approximate surface area is 420 Å². The molecule has 2 heterocycles. The number of imidazole rings is 1. The summed E-state index contributed by atoms with van der Waals surface area (Å²) in [4.78, 5) is 4.98. The van der Waals surface area contributed by atoms with Crippen LogP contribution in [0.5, 0.6) is 0 Å². The molecular weight excluding hydrogens is 995 g/mol. The Morgan fingerprint density at radius 2 is 1.55 bits per heavy atom. The third-order valence-corrected chi connectivity index (χ3v) is 11.6. The SMILES string of the molecule is [2H]C([2H])([2H])c1c[c-]c(-c2nc3ccccc3n2-c2c(C([2H])(C)C)cccc2C([2H])(C)C)cc1C(=C)/C=C\C=C/C.[2H]C([2H])([2H])c1ccc(C(=C/C=[N-])/C=C(\C)c2[c-]ccc3c2oc2c4ccccc4ccc32)cc1.[Ir+3]. The van der Waals surface area contributed by atoms with Gasteiger partial charge in [-0.05, 0) is 70.9 Å². The zero-order valence-electron chi connectivity index (χ0n) is 46.5. The normalized spacial score (nSPS) is 14.7. The predicted octanol–water partition coefficient (Wildman–Crippen LogP) is 17.2. The molecule has 0 saturated heterocycles. The largest absolute Gasteiger partial charge is 3.00 e. The van der Waals surface area contributed by atoms with Crippen molar-refractivity contribution in [2.45, 2.75) is 67.0 Å². The van der Waals surface area contributed by atoms with Crippen LogP contribution in [0.3, 0.4) is 0 Å².